The molecule has 1 saturated carbocycles. The molecule has 1 aromatic carbocycles. The normalized spacial score (nSPS) is 22.9. The zero-order valence-electron chi connectivity index (χ0n) is 12.0. The van der Waals surface area contributed by atoms with Crippen molar-refractivity contribution in [2.45, 2.75) is 44.3 Å². The zero-order chi connectivity index (χ0) is 14.5. The molecular formula is C15H22O5. The molecule has 2 N–H and O–H groups in total. The summed E-state index contributed by atoms with van der Waals surface area (Å²) in [6, 6.07) is 3.04. The number of aliphatic hydroxyl groups excluding tert-OH is 1. The van der Waals surface area contributed by atoms with Gasteiger partial charge in [-0.15, -0.1) is 0 Å². The molecule has 1 aromatic rings. The first kappa shape index (κ1) is 14.8. The van der Waals surface area contributed by atoms with Gasteiger partial charge in [0.1, 0.15) is 6.10 Å². The van der Waals surface area contributed by atoms with Crippen molar-refractivity contribution in [1.29, 1.82) is 0 Å². The van der Waals surface area contributed by atoms with Crippen molar-refractivity contribution in [3.63, 3.8) is 0 Å². The highest BCUT2D eigenvalue weighted by Crippen LogP contribution is 2.40. The van der Waals surface area contributed by atoms with Crippen molar-refractivity contribution in [3.8, 4) is 23.0 Å². The van der Waals surface area contributed by atoms with Crippen LogP contribution in [0.2, 0.25) is 0 Å². The first-order chi connectivity index (χ1) is 9.65. The van der Waals surface area contributed by atoms with Gasteiger partial charge in [0.2, 0.25) is 0 Å². The number of hydrogen-bond acceptors (Lipinski definition) is 5. The summed E-state index contributed by atoms with van der Waals surface area (Å²) in [6.45, 7) is 0. The number of methoxy groups -OCH3 is 2. The van der Waals surface area contributed by atoms with Crippen LogP contribution in [0.25, 0.3) is 0 Å². The lowest BCUT2D eigenvalue weighted by atomic mass is 10.1. The van der Waals surface area contributed by atoms with Crippen LogP contribution in [0.4, 0.5) is 0 Å². The maximum absolute atomic E-state index is 10.1. The van der Waals surface area contributed by atoms with E-state index in [1.54, 1.807) is 6.07 Å². The van der Waals surface area contributed by atoms with E-state index in [1.807, 2.05) is 0 Å². The van der Waals surface area contributed by atoms with E-state index in [0.29, 0.717) is 17.2 Å². The van der Waals surface area contributed by atoms with Gasteiger partial charge in [0.25, 0.3) is 0 Å². The SMILES string of the molecule is COc1cc(O[C@@H]2CCCCC[C@@H]2O)c(OC)cc1O. The maximum atomic E-state index is 10.1. The van der Waals surface area contributed by atoms with Gasteiger partial charge in [-0.3, -0.25) is 0 Å². The standard InChI is InChI=1S/C15H22O5/c1-18-13-9-15(14(19-2)8-11(13)17)20-12-7-5-3-4-6-10(12)16/h8-10,12,16-17H,3-7H2,1-2H3/t10-,12+/m0/s1. The van der Waals surface area contributed by atoms with Gasteiger partial charge < -0.3 is 24.4 Å². The third kappa shape index (κ3) is 3.28. The molecule has 0 bridgehead atoms. The highest BCUT2D eigenvalue weighted by molar-refractivity contribution is 5.53. The first-order valence-corrected chi connectivity index (χ1v) is 6.95. The molecule has 1 fully saturated rings. The van der Waals surface area contributed by atoms with E-state index in [-0.39, 0.29) is 11.9 Å². The summed E-state index contributed by atoms with van der Waals surface area (Å²) < 4.78 is 16.2. The maximum Gasteiger partial charge on any atom is 0.165 e. The predicted molar refractivity (Wildman–Crippen MR) is 74.7 cm³/mol. The molecule has 0 unspecified atom stereocenters. The summed E-state index contributed by atoms with van der Waals surface area (Å²) in [5.41, 5.74) is 0. The molecule has 0 aliphatic heterocycles. The van der Waals surface area contributed by atoms with E-state index in [4.69, 9.17) is 14.2 Å². The second kappa shape index (κ2) is 6.70. The number of ether oxygens (including phenoxy) is 3. The number of phenols is 1. The smallest absolute Gasteiger partial charge is 0.165 e. The molecule has 1 aliphatic rings. The van der Waals surface area contributed by atoms with E-state index in [1.165, 1.54) is 20.3 Å². The van der Waals surface area contributed by atoms with Gasteiger partial charge in [0.05, 0.1) is 20.3 Å². The van der Waals surface area contributed by atoms with Crippen LogP contribution in [0, 0.1) is 0 Å². The Morgan fingerprint density at radius 1 is 0.950 bits per heavy atom. The number of aromatic hydroxyl groups is 1. The van der Waals surface area contributed by atoms with E-state index < -0.39 is 6.10 Å². The predicted octanol–water partition coefficient (Wildman–Crippen LogP) is 2.48. The van der Waals surface area contributed by atoms with Crippen molar-refractivity contribution >= 4 is 0 Å². The van der Waals surface area contributed by atoms with E-state index in [9.17, 15) is 10.2 Å². The molecular weight excluding hydrogens is 260 g/mol. The Labute approximate surface area is 119 Å². The van der Waals surface area contributed by atoms with Gasteiger partial charge >= 0.3 is 0 Å². The van der Waals surface area contributed by atoms with Gasteiger partial charge in [-0.1, -0.05) is 12.8 Å². The molecule has 0 saturated heterocycles. The molecule has 5 heteroatoms. The summed E-state index contributed by atoms with van der Waals surface area (Å²) in [4.78, 5) is 0. The van der Waals surface area contributed by atoms with Gasteiger partial charge in [-0.2, -0.15) is 0 Å². The monoisotopic (exact) mass is 282 g/mol. The third-order valence-corrected chi connectivity index (χ3v) is 3.66. The van der Waals surface area contributed by atoms with Gasteiger partial charge in [0.15, 0.2) is 23.0 Å². The molecule has 5 nitrogen and oxygen atoms in total. The fraction of sp³-hybridized carbons (Fsp3) is 0.600. The Hall–Kier alpha value is -1.62. The fourth-order valence-corrected chi connectivity index (χ4v) is 2.50. The highest BCUT2D eigenvalue weighted by Gasteiger charge is 2.25. The van der Waals surface area contributed by atoms with Gasteiger partial charge in [-0.25, -0.2) is 0 Å². The minimum Gasteiger partial charge on any atom is -0.504 e. The Bertz CT molecular complexity index is 446. The highest BCUT2D eigenvalue weighted by atomic mass is 16.5. The number of rotatable bonds is 4. The molecule has 0 aromatic heterocycles. The van der Waals surface area contributed by atoms with E-state index in [2.05, 4.69) is 0 Å². The minimum atomic E-state index is -0.470. The second-order valence-corrected chi connectivity index (χ2v) is 5.04. The van der Waals surface area contributed by atoms with Crippen molar-refractivity contribution < 1.29 is 24.4 Å². The lowest BCUT2D eigenvalue weighted by molar-refractivity contribution is 0.0303. The van der Waals surface area contributed by atoms with Crippen LogP contribution >= 0.6 is 0 Å². The van der Waals surface area contributed by atoms with Crippen LogP contribution in [0.3, 0.4) is 0 Å². The Morgan fingerprint density at radius 2 is 1.65 bits per heavy atom. The van der Waals surface area contributed by atoms with Crippen molar-refractivity contribution in [1.82, 2.24) is 0 Å². The summed E-state index contributed by atoms with van der Waals surface area (Å²) in [5.74, 6) is 1.23. The zero-order valence-corrected chi connectivity index (χ0v) is 12.0. The van der Waals surface area contributed by atoms with Crippen molar-refractivity contribution in [3.05, 3.63) is 12.1 Å². The number of benzene rings is 1. The lowest BCUT2D eigenvalue weighted by Crippen LogP contribution is -2.30. The largest absolute Gasteiger partial charge is 0.504 e. The summed E-state index contributed by atoms with van der Waals surface area (Å²) in [7, 11) is 2.99. The fourth-order valence-electron chi connectivity index (χ4n) is 2.50. The molecule has 0 heterocycles. The number of phenolic OH excluding ortho intramolecular Hbond substituents is 1. The molecule has 0 amide bonds. The second-order valence-electron chi connectivity index (χ2n) is 5.04. The lowest BCUT2D eigenvalue weighted by Gasteiger charge is -2.23. The quantitative estimate of drug-likeness (QED) is 0.830. The van der Waals surface area contributed by atoms with Crippen molar-refractivity contribution in [2.24, 2.45) is 0 Å². The number of hydrogen-bond donors (Lipinski definition) is 2. The third-order valence-electron chi connectivity index (χ3n) is 3.66. The topological polar surface area (TPSA) is 68.2 Å². The molecule has 0 radical (unpaired) electrons. The van der Waals surface area contributed by atoms with Crippen LogP contribution in [0.15, 0.2) is 12.1 Å². The Balaban J connectivity index is 2.22. The van der Waals surface area contributed by atoms with Crippen molar-refractivity contribution in [2.75, 3.05) is 14.2 Å². The number of aliphatic hydroxyl groups is 1. The molecule has 2 rings (SSSR count). The average molecular weight is 282 g/mol. The van der Waals surface area contributed by atoms with Crippen LogP contribution in [-0.4, -0.2) is 36.6 Å². The van der Waals surface area contributed by atoms with Crippen LogP contribution in [0.1, 0.15) is 32.1 Å². The Kier molecular flexibility index (Phi) is 4.95. The molecule has 20 heavy (non-hydrogen) atoms. The molecule has 0 spiro atoms. The Morgan fingerprint density at radius 3 is 2.35 bits per heavy atom. The van der Waals surface area contributed by atoms with Crippen LogP contribution in [0.5, 0.6) is 23.0 Å². The van der Waals surface area contributed by atoms with Crippen LogP contribution in [-0.2, 0) is 0 Å². The summed E-state index contributed by atoms with van der Waals surface area (Å²) in [5, 5.41) is 19.8. The van der Waals surface area contributed by atoms with E-state index >= 15 is 0 Å². The molecule has 2 atom stereocenters. The summed E-state index contributed by atoms with van der Waals surface area (Å²) in [6.07, 6.45) is 4.03. The minimum absolute atomic E-state index is 0.00175. The van der Waals surface area contributed by atoms with Gasteiger partial charge in [0, 0.05) is 12.1 Å². The molecule has 1 aliphatic carbocycles. The summed E-state index contributed by atoms with van der Waals surface area (Å²) >= 11 is 0. The molecule has 112 valence electrons. The van der Waals surface area contributed by atoms with Crippen LogP contribution < -0.4 is 14.2 Å². The average Bonchev–Trinajstić information content (AvgIpc) is 2.65. The first-order valence-electron chi connectivity index (χ1n) is 6.95. The van der Waals surface area contributed by atoms with E-state index in [0.717, 1.165) is 32.1 Å². The van der Waals surface area contributed by atoms with Gasteiger partial charge in [-0.05, 0) is 19.3 Å².